The van der Waals surface area contributed by atoms with Crippen LogP contribution in [0.5, 0.6) is 0 Å². The van der Waals surface area contributed by atoms with Crippen molar-refractivity contribution in [3.05, 3.63) is 94.4 Å². The highest BCUT2D eigenvalue weighted by Gasteiger charge is 2.47. The van der Waals surface area contributed by atoms with Crippen LogP contribution in [0.2, 0.25) is 0 Å². The highest BCUT2D eigenvalue weighted by atomic mass is 16.3. The summed E-state index contributed by atoms with van der Waals surface area (Å²) in [5.41, 5.74) is 3.94. The molecule has 0 aliphatic carbocycles. The summed E-state index contributed by atoms with van der Waals surface area (Å²) in [5, 5.41) is 11.3. The summed E-state index contributed by atoms with van der Waals surface area (Å²) in [4.78, 5) is 35.9. The number of carbonyl (C=O) groups excluding carboxylic acids is 2. The number of benzene rings is 1. The third kappa shape index (κ3) is 3.16. The van der Waals surface area contributed by atoms with E-state index >= 15 is 0 Å². The minimum absolute atomic E-state index is 0.0358. The van der Waals surface area contributed by atoms with Crippen LogP contribution in [0, 0.1) is 20.8 Å². The number of anilines is 1. The molecule has 1 saturated heterocycles. The smallest absolute Gasteiger partial charge is 0.301 e. The SMILES string of the molecule is Cc1cc(C)c(C(O)=C2C(=O)C(=O)N(c3ccccn3)[C@H]2c2cccnc2)c(C)c1. The van der Waals surface area contributed by atoms with Crippen LogP contribution in [0.3, 0.4) is 0 Å². The van der Waals surface area contributed by atoms with Crippen LogP contribution >= 0.6 is 0 Å². The number of aliphatic hydroxyl groups excluding tert-OH is 1. The first-order chi connectivity index (χ1) is 14.4. The molecule has 1 aromatic carbocycles. The van der Waals surface area contributed by atoms with E-state index in [0.29, 0.717) is 16.9 Å². The first kappa shape index (κ1) is 19.5. The Kier molecular flexibility index (Phi) is 4.91. The molecule has 1 aliphatic rings. The molecule has 0 bridgehead atoms. The van der Waals surface area contributed by atoms with Crippen LogP contribution < -0.4 is 4.90 Å². The molecule has 6 nitrogen and oxygen atoms in total. The average Bonchev–Trinajstić information content (AvgIpc) is 2.99. The Balaban J connectivity index is 1.99. The molecule has 3 heterocycles. The Hall–Kier alpha value is -3.80. The van der Waals surface area contributed by atoms with Gasteiger partial charge in [-0.15, -0.1) is 0 Å². The summed E-state index contributed by atoms with van der Waals surface area (Å²) in [7, 11) is 0. The zero-order chi connectivity index (χ0) is 21.4. The number of rotatable bonds is 3. The minimum Gasteiger partial charge on any atom is -0.507 e. The summed E-state index contributed by atoms with van der Waals surface area (Å²) in [6.07, 6.45) is 4.77. The highest BCUT2D eigenvalue weighted by Crippen LogP contribution is 2.42. The van der Waals surface area contributed by atoms with Crippen LogP contribution in [0.15, 0.2) is 66.6 Å². The molecule has 0 spiro atoms. The molecular formula is C24H21N3O3. The maximum atomic E-state index is 13.1. The van der Waals surface area contributed by atoms with E-state index in [2.05, 4.69) is 9.97 Å². The summed E-state index contributed by atoms with van der Waals surface area (Å²) >= 11 is 0. The number of amides is 1. The van der Waals surface area contributed by atoms with Gasteiger partial charge in [0.1, 0.15) is 11.6 Å². The van der Waals surface area contributed by atoms with E-state index in [1.54, 1.807) is 48.9 Å². The summed E-state index contributed by atoms with van der Waals surface area (Å²) < 4.78 is 0. The Labute approximate surface area is 174 Å². The molecule has 2 aromatic heterocycles. The van der Waals surface area contributed by atoms with Gasteiger partial charge < -0.3 is 5.11 Å². The number of pyridine rings is 2. The van der Waals surface area contributed by atoms with Crippen molar-refractivity contribution in [3.8, 4) is 0 Å². The lowest BCUT2D eigenvalue weighted by atomic mass is 9.91. The van der Waals surface area contributed by atoms with Gasteiger partial charge in [0.05, 0.1) is 11.6 Å². The molecule has 0 saturated carbocycles. The van der Waals surface area contributed by atoms with E-state index in [9.17, 15) is 14.7 Å². The van der Waals surface area contributed by atoms with Gasteiger partial charge in [0.15, 0.2) is 0 Å². The van der Waals surface area contributed by atoms with Crippen molar-refractivity contribution in [2.75, 3.05) is 4.90 Å². The lowest BCUT2D eigenvalue weighted by Gasteiger charge is -2.24. The second-order valence-corrected chi connectivity index (χ2v) is 7.42. The molecule has 1 amide bonds. The second kappa shape index (κ2) is 7.55. The van der Waals surface area contributed by atoms with Crippen molar-refractivity contribution in [1.29, 1.82) is 0 Å². The highest BCUT2D eigenvalue weighted by molar-refractivity contribution is 6.51. The lowest BCUT2D eigenvalue weighted by Crippen LogP contribution is -2.30. The zero-order valence-corrected chi connectivity index (χ0v) is 17.0. The standard InChI is InChI=1S/C24H21N3O3/c1-14-11-15(2)19(16(3)12-14)22(28)20-21(17-7-6-9-25-13-17)27(24(30)23(20)29)18-8-4-5-10-26-18/h4-13,21,28H,1-3H3/t21-/m0/s1. The normalized spacial score (nSPS) is 18.1. The number of aryl methyl sites for hydroxylation is 3. The van der Waals surface area contributed by atoms with Crippen molar-refractivity contribution in [2.24, 2.45) is 0 Å². The molecular weight excluding hydrogens is 378 g/mol. The monoisotopic (exact) mass is 399 g/mol. The molecule has 3 aromatic rings. The predicted octanol–water partition coefficient (Wildman–Crippen LogP) is 4.03. The molecule has 1 fully saturated rings. The Morgan fingerprint density at radius 3 is 2.33 bits per heavy atom. The quantitative estimate of drug-likeness (QED) is 0.408. The average molecular weight is 399 g/mol. The van der Waals surface area contributed by atoms with Crippen molar-refractivity contribution in [3.63, 3.8) is 0 Å². The van der Waals surface area contributed by atoms with E-state index < -0.39 is 17.7 Å². The molecule has 4 rings (SSSR count). The van der Waals surface area contributed by atoms with Crippen molar-refractivity contribution >= 4 is 23.3 Å². The third-order valence-corrected chi connectivity index (χ3v) is 5.25. The number of nitrogens with zero attached hydrogens (tertiary/aromatic N) is 3. The van der Waals surface area contributed by atoms with Gasteiger partial charge in [0, 0.05) is 24.2 Å². The number of aliphatic hydroxyl groups is 1. The fourth-order valence-electron chi connectivity index (χ4n) is 4.11. The minimum atomic E-state index is -0.825. The summed E-state index contributed by atoms with van der Waals surface area (Å²) in [6.45, 7) is 5.73. The van der Waals surface area contributed by atoms with Gasteiger partial charge in [-0.25, -0.2) is 4.98 Å². The molecule has 30 heavy (non-hydrogen) atoms. The van der Waals surface area contributed by atoms with Gasteiger partial charge in [-0.1, -0.05) is 29.8 Å². The number of hydrogen-bond donors (Lipinski definition) is 1. The molecule has 150 valence electrons. The number of Topliss-reactive ketones (excluding diaryl/α,β-unsaturated/α-hetero) is 1. The van der Waals surface area contributed by atoms with E-state index in [4.69, 9.17) is 0 Å². The zero-order valence-electron chi connectivity index (χ0n) is 17.0. The first-order valence-corrected chi connectivity index (χ1v) is 9.60. The van der Waals surface area contributed by atoms with Gasteiger partial charge in [-0.2, -0.15) is 0 Å². The summed E-state index contributed by atoms with van der Waals surface area (Å²) in [6, 6.07) is 11.7. The topological polar surface area (TPSA) is 83.4 Å². The van der Waals surface area contributed by atoms with E-state index in [1.165, 1.54) is 4.90 Å². The van der Waals surface area contributed by atoms with Crippen LogP contribution in [0.25, 0.3) is 5.76 Å². The molecule has 6 heteroatoms. The lowest BCUT2D eigenvalue weighted by molar-refractivity contribution is -0.132. The van der Waals surface area contributed by atoms with Crippen molar-refractivity contribution < 1.29 is 14.7 Å². The van der Waals surface area contributed by atoms with Crippen LogP contribution in [0.4, 0.5) is 5.82 Å². The first-order valence-electron chi connectivity index (χ1n) is 9.60. The largest absolute Gasteiger partial charge is 0.507 e. The molecule has 1 atom stereocenters. The summed E-state index contributed by atoms with van der Waals surface area (Å²) in [5.74, 6) is -1.32. The van der Waals surface area contributed by atoms with Crippen molar-refractivity contribution in [1.82, 2.24) is 9.97 Å². The van der Waals surface area contributed by atoms with Crippen molar-refractivity contribution in [2.45, 2.75) is 26.8 Å². The number of carbonyl (C=O) groups is 2. The Morgan fingerprint density at radius 1 is 1.00 bits per heavy atom. The van der Waals surface area contributed by atoms with E-state index in [0.717, 1.165) is 16.7 Å². The van der Waals surface area contributed by atoms with Gasteiger partial charge in [-0.3, -0.25) is 19.5 Å². The fourth-order valence-corrected chi connectivity index (χ4v) is 4.11. The van der Waals surface area contributed by atoms with E-state index in [-0.39, 0.29) is 11.3 Å². The maximum Gasteiger partial charge on any atom is 0.301 e. The predicted molar refractivity (Wildman–Crippen MR) is 114 cm³/mol. The Morgan fingerprint density at radius 2 is 1.73 bits per heavy atom. The van der Waals surface area contributed by atoms with E-state index in [1.807, 2.05) is 32.9 Å². The molecule has 0 unspecified atom stereocenters. The van der Waals surface area contributed by atoms with Gasteiger partial charge in [0.25, 0.3) is 5.78 Å². The molecule has 0 radical (unpaired) electrons. The molecule has 1 N–H and O–H groups in total. The Bertz CT molecular complexity index is 1150. The maximum absolute atomic E-state index is 13.1. The third-order valence-electron chi connectivity index (χ3n) is 5.25. The van der Waals surface area contributed by atoms with Gasteiger partial charge in [0.2, 0.25) is 0 Å². The second-order valence-electron chi connectivity index (χ2n) is 7.42. The number of aromatic nitrogens is 2. The van der Waals surface area contributed by atoms with Crippen LogP contribution in [0.1, 0.15) is 33.9 Å². The van der Waals surface area contributed by atoms with Gasteiger partial charge >= 0.3 is 5.91 Å². The van der Waals surface area contributed by atoms with Gasteiger partial charge in [-0.05, 0) is 55.7 Å². The van der Waals surface area contributed by atoms with Crippen LogP contribution in [-0.4, -0.2) is 26.8 Å². The fraction of sp³-hybridized carbons (Fsp3) is 0.167. The number of ketones is 1. The number of hydrogen-bond acceptors (Lipinski definition) is 5. The molecule has 1 aliphatic heterocycles. The van der Waals surface area contributed by atoms with Crippen LogP contribution in [-0.2, 0) is 9.59 Å².